The molecule has 43 heavy (non-hydrogen) atoms. The first kappa shape index (κ1) is 32.5. The molecule has 2 aliphatic heterocycles. The molecule has 1 fully saturated rings. The average Bonchev–Trinajstić information content (AvgIpc) is 3.15. The largest absolute Gasteiger partial charge is 0.340 e. The van der Waals surface area contributed by atoms with E-state index in [2.05, 4.69) is 10.2 Å². The smallest absolute Gasteiger partial charge is 0.258 e. The summed E-state index contributed by atoms with van der Waals surface area (Å²) < 4.78 is 0. The maximum absolute atomic E-state index is 14.3. The Bertz CT molecular complexity index is 1490. The van der Waals surface area contributed by atoms with Crippen LogP contribution in [0.2, 0.25) is 5.02 Å². The minimum atomic E-state index is -0.172. The molecule has 1 unspecified atom stereocenters. The van der Waals surface area contributed by atoms with Gasteiger partial charge in [-0.1, -0.05) is 29.8 Å². The van der Waals surface area contributed by atoms with Crippen molar-refractivity contribution >= 4 is 53.1 Å². The number of hydrogen-bond donors (Lipinski definition) is 1. The van der Waals surface area contributed by atoms with Crippen molar-refractivity contribution in [2.75, 3.05) is 42.9 Å². The zero-order chi connectivity index (χ0) is 29.8. The number of fused-ring (bicyclic) bond motifs is 1. The lowest BCUT2D eigenvalue weighted by Crippen LogP contribution is -2.49. The summed E-state index contributed by atoms with van der Waals surface area (Å²) in [5, 5.41) is 3.66. The highest BCUT2D eigenvalue weighted by atomic mass is 35.5. The van der Waals surface area contributed by atoms with Gasteiger partial charge in [0.2, 0.25) is 5.91 Å². The van der Waals surface area contributed by atoms with Gasteiger partial charge in [0.25, 0.3) is 11.8 Å². The fraction of sp³-hybridized carbons (Fsp3) is 0.382. The Balaban J connectivity index is 0.00000423. The van der Waals surface area contributed by atoms with Gasteiger partial charge in [-0.3, -0.25) is 19.3 Å². The van der Waals surface area contributed by atoms with Gasteiger partial charge in [-0.15, -0.1) is 12.4 Å². The molecule has 2 aliphatic rings. The van der Waals surface area contributed by atoms with E-state index < -0.39 is 0 Å². The van der Waals surface area contributed by atoms with Crippen LogP contribution in [0.4, 0.5) is 11.4 Å². The van der Waals surface area contributed by atoms with E-state index in [0.717, 1.165) is 80.8 Å². The van der Waals surface area contributed by atoms with E-state index in [-0.39, 0.29) is 36.2 Å². The molecule has 0 radical (unpaired) electrons. The third-order valence-corrected chi connectivity index (χ3v) is 8.80. The molecule has 0 aromatic heterocycles. The fourth-order valence-corrected chi connectivity index (χ4v) is 6.34. The minimum Gasteiger partial charge on any atom is -0.340 e. The Morgan fingerprint density at radius 2 is 1.65 bits per heavy atom. The fourth-order valence-electron chi connectivity index (χ4n) is 6.15. The summed E-state index contributed by atoms with van der Waals surface area (Å²) in [6, 6.07) is 18.8. The maximum atomic E-state index is 14.3. The number of rotatable bonds is 6. The standard InChI is InChI=1S/C34H39ClN4O3.ClH/c1-23-7-4-5-10-30(23)33(41)36-28-12-13-31(24(2)21-28)34(42)39-29(9-6-8-26-22-27(35)11-14-32(26)39)15-16-37-17-19-38(20-18-37)25(3)40;/h4-5,7,10-14,21-22,29H,6,8-9,15-20H2,1-3H3,(H,36,41);1H. The number of aryl methyl sites for hydroxylation is 3. The van der Waals surface area contributed by atoms with E-state index in [9.17, 15) is 14.4 Å². The monoisotopic (exact) mass is 622 g/mol. The van der Waals surface area contributed by atoms with Gasteiger partial charge in [-0.05, 0) is 98.7 Å². The quantitative estimate of drug-likeness (QED) is 0.339. The highest BCUT2D eigenvalue weighted by Crippen LogP contribution is 2.35. The molecule has 0 saturated carbocycles. The first-order valence-electron chi connectivity index (χ1n) is 14.8. The van der Waals surface area contributed by atoms with Gasteiger partial charge in [-0.2, -0.15) is 0 Å². The van der Waals surface area contributed by atoms with Gasteiger partial charge in [-0.25, -0.2) is 0 Å². The zero-order valence-electron chi connectivity index (χ0n) is 25.1. The highest BCUT2D eigenvalue weighted by molar-refractivity contribution is 6.30. The SMILES string of the molecule is CC(=O)N1CCN(CCC2CCCc3cc(Cl)ccc3N2C(=O)c2ccc(NC(=O)c3ccccc3C)cc2C)CC1.Cl. The molecule has 3 aromatic carbocycles. The number of hydrogen-bond acceptors (Lipinski definition) is 4. The summed E-state index contributed by atoms with van der Waals surface area (Å²) >= 11 is 6.37. The van der Waals surface area contributed by atoms with E-state index in [4.69, 9.17) is 11.6 Å². The Hall–Kier alpha value is -3.39. The molecular formula is C34H40Cl2N4O3. The van der Waals surface area contributed by atoms with Gasteiger partial charge in [0.05, 0.1) is 0 Å². The van der Waals surface area contributed by atoms with Crippen molar-refractivity contribution in [3.05, 3.63) is 93.5 Å². The van der Waals surface area contributed by atoms with Gasteiger partial charge in [0.1, 0.15) is 0 Å². The third-order valence-electron chi connectivity index (χ3n) is 8.57. The zero-order valence-corrected chi connectivity index (χ0v) is 26.6. The lowest BCUT2D eigenvalue weighted by Gasteiger charge is -2.37. The van der Waals surface area contributed by atoms with Crippen molar-refractivity contribution in [3.8, 4) is 0 Å². The van der Waals surface area contributed by atoms with Crippen molar-refractivity contribution < 1.29 is 14.4 Å². The first-order chi connectivity index (χ1) is 20.2. The molecule has 1 saturated heterocycles. The summed E-state index contributed by atoms with van der Waals surface area (Å²) in [6.45, 7) is 9.51. The summed E-state index contributed by atoms with van der Waals surface area (Å²) in [5.74, 6) is -0.0863. The number of benzene rings is 3. The molecule has 3 aromatic rings. The van der Waals surface area contributed by atoms with Crippen LogP contribution in [-0.4, -0.2) is 66.3 Å². The van der Waals surface area contributed by atoms with Gasteiger partial charge in [0.15, 0.2) is 0 Å². The molecule has 0 aliphatic carbocycles. The van der Waals surface area contributed by atoms with Crippen molar-refractivity contribution in [1.82, 2.24) is 9.80 Å². The topological polar surface area (TPSA) is 73.0 Å². The molecule has 0 bridgehead atoms. The summed E-state index contributed by atoms with van der Waals surface area (Å²) in [7, 11) is 0. The van der Waals surface area contributed by atoms with Gasteiger partial charge < -0.3 is 15.1 Å². The normalized spacial score (nSPS) is 17.0. The Kier molecular flexibility index (Phi) is 10.9. The summed E-state index contributed by atoms with van der Waals surface area (Å²) in [4.78, 5) is 45.3. The molecule has 2 heterocycles. The van der Waals surface area contributed by atoms with Crippen LogP contribution >= 0.6 is 24.0 Å². The number of halogens is 2. The van der Waals surface area contributed by atoms with E-state index in [1.54, 1.807) is 13.0 Å². The first-order valence-corrected chi connectivity index (χ1v) is 15.2. The molecule has 7 nitrogen and oxygen atoms in total. The number of piperazine rings is 1. The molecule has 5 rings (SSSR count). The predicted molar refractivity (Wildman–Crippen MR) is 176 cm³/mol. The maximum Gasteiger partial charge on any atom is 0.258 e. The molecule has 3 amide bonds. The third kappa shape index (κ3) is 7.58. The molecule has 9 heteroatoms. The number of nitrogens with one attached hydrogen (secondary N) is 1. The lowest BCUT2D eigenvalue weighted by atomic mass is 10.0. The number of anilines is 2. The van der Waals surface area contributed by atoms with Crippen molar-refractivity contribution in [3.63, 3.8) is 0 Å². The number of carbonyl (C=O) groups is 3. The van der Waals surface area contributed by atoms with Crippen molar-refractivity contribution in [2.45, 2.75) is 52.5 Å². The number of amides is 3. The number of nitrogens with zero attached hydrogens (tertiary/aromatic N) is 3. The molecular weight excluding hydrogens is 583 g/mol. The van der Waals surface area contributed by atoms with Crippen LogP contribution in [0.15, 0.2) is 60.7 Å². The van der Waals surface area contributed by atoms with Crippen LogP contribution in [0.5, 0.6) is 0 Å². The van der Waals surface area contributed by atoms with E-state index in [0.29, 0.717) is 21.8 Å². The van der Waals surface area contributed by atoms with Crippen LogP contribution in [-0.2, 0) is 11.2 Å². The molecule has 1 N–H and O–H groups in total. The van der Waals surface area contributed by atoms with Crippen LogP contribution in [0.1, 0.15) is 63.6 Å². The lowest BCUT2D eigenvalue weighted by molar-refractivity contribution is -0.130. The Morgan fingerprint density at radius 1 is 0.907 bits per heavy atom. The van der Waals surface area contributed by atoms with Crippen LogP contribution in [0.25, 0.3) is 0 Å². The Labute approximate surface area is 265 Å². The summed E-state index contributed by atoms with van der Waals surface area (Å²) in [5.41, 5.74) is 5.62. The Morgan fingerprint density at radius 3 is 2.35 bits per heavy atom. The highest BCUT2D eigenvalue weighted by Gasteiger charge is 2.32. The van der Waals surface area contributed by atoms with Crippen LogP contribution in [0, 0.1) is 13.8 Å². The van der Waals surface area contributed by atoms with E-state index in [1.165, 1.54) is 0 Å². The second kappa shape index (κ2) is 14.4. The minimum absolute atomic E-state index is 0. The van der Waals surface area contributed by atoms with Crippen molar-refractivity contribution in [2.24, 2.45) is 0 Å². The van der Waals surface area contributed by atoms with Gasteiger partial charge in [0, 0.05) is 73.2 Å². The average molecular weight is 624 g/mol. The number of carbonyl (C=O) groups excluding carboxylic acids is 3. The van der Waals surface area contributed by atoms with Crippen LogP contribution in [0.3, 0.4) is 0 Å². The molecule has 0 spiro atoms. The van der Waals surface area contributed by atoms with E-state index in [1.807, 2.05) is 78.2 Å². The van der Waals surface area contributed by atoms with Crippen molar-refractivity contribution in [1.29, 1.82) is 0 Å². The molecule has 1 atom stereocenters. The van der Waals surface area contributed by atoms with Gasteiger partial charge >= 0.3 is 0 Å². The predicted octanol–water partition coefficient (Wildman–Crippen LogP) is 6.54. The van der Waals surface area contributed by atoms with E-state index >= 15 is 0 Å². The molecule has 228 valence electrons. The second-order valence-electron chi connectivity index (χ2n) is 11.4. The van der Waals surface area contributed by atoms with Crippen LogP contribution < -0.4 is 10.2 Å². The summed E-state index contributed by atoms with van der Waals surface area (Å²) in [6.07, 6.45) is 3.59. The second-order valence-corrected chi connectivity index (χ2v) is 11.9.